The lowest BCUT2D eigenvalue weighted by Gasteiger charge is -2.10. The predicted octanol–water partition coefficient (Wildman–Crippen LogP) is 0.362. The Morgan fingerprint density at radius 3 is 2.56 bits per heavy atom. The van der Waals surface area contributed by atoms with Gasteiger partial charge in [-0.25, -0.2) is 13.1 Å². The van der Waals surface area contributed by atoms with E-state index in [2.05, 4.69) is 4.72 Å². The van der Waals surface area contributed by atoms with Crippen LogP contribution in [-0.2, 0) is 26.0 Å². The van der Waals surface area contributed by atoms with Crippen LogP contribution in [0.15, 0.2) is 30.3 Å². The second-order valence-corrected chi connectivity index (χ2v) is 5.67. The molecule has 0 aliphatic heterocycles. The average Bonchev–Trinajstić information content (AvgIpc) is 2.37. The molecule has 0 amide bonds. The molecule has 1 aromatic carbocycles. The summed E-state index contributed by atoms with van der Waals surface area (Å²) < 4.78 is 30.4. The van der Waals surface area contributed by atoms with Gasteiger partial charge in [0.25, 0.3) is 0 Å². The van der Waals surface area contributed by atoms with Gasteiger partial charge >= 0.3 is 0 Å². The first-order valence-corrected chi connectivity index (χ1v) is 7.22. The van der Waals surface area contributed by atoms with Crippen LogP contribution >= 0.6 is 0 Å². The van der Waals surface area contributed by atoms with Crippen molar-refractivity contribution < 1.29 is 17.9 Å². The molecule has 0 aliphatic carbocycles. The number of sulfonamides is 1. The molecule has 0 aliphatic rings. The molecular weight excluding hydrogens is 254 g/mol. The number of nitrogens with one attached hydrogen (secondary N) is 1. The summed E-state index contributed by atoms with van der Waals surface area (Å²) in [6, 6.07) is 9.56. The number of hydrogen-bond acceptors (Lipinski definition) is 4. The van der Waals surface area contributed by atoms with Crippen LogP contribution in [0.2, 0.25) is 0 Å². The van der Waals surface area contributed by atoms with Crippen molar-refractivity contribution in [2.75, 3.05) is 19.4 Å². The lowest BCUT2D eigenvalue weighted by molar-refractivity contribution is -0.115. The highest BCUT2D eigenvalue weighted by Gasteiger charge is 2.17. The van der Waals surface area contributed by atoms with Gasteiger partial charge in [-0.05, 0) is 12.0 Å². The third-order valence-electron chi connectivity index (χ3n) is 2.42. The molecule has 1 N–H and O–H groups in total. The molecule has 0 saturated heterocycles. The molecule has 6 heteroatoms. The highest BCUT2D eigenvalue weighted by atomic mass is 32.2. The van der Waals surface area contributed by atoms with E-state index in [1.807, 2.05) is 30.3 Å². The summed E-state index contributed by atoms with van der Waals surface area (Å²) in [5.41, 5.74) is 1.05. The van der Waals surface area contributed by atoms with Crippen LogP contribution in [0.25, 0.3) is 0 Å². The van der Waals surface area contributed by atoms with E-state index < -0.39 is 16.1 Å². The SMILES string of the molecule is COC(C=O)CS(=O)(=O)NCCc1ccccc1. The minimum Gasteiger partial charge on any atom is -0.373 e. The average molecular weight is 271 g/mol. The van der Waals surface area contributed by atoms with Crippen LogP contribution in [0.5, 0.6) is 0 Å². The minimum absolute atomic E-state index is 0.307. The zero-order chi connectivity index (χ0) is 13.4. The van der Waals surface area contributed by atoms with E-state index in [1.165, 1.54) is 7.11 Å². The van der Waals surface area contributed by atoms with Gasteiger partial charge < -0.3 is 9.53 Å². The molecule has 1 atom stereocenters. The third kappa shape index (κ3) is 5.39. The molecule has 0 heterocycles. The summed E-state index contributed by atoms with van der Waals surface area (Å²) >= 11 is 0. The number of hydrogen-bond donors (Lipinski definition) is 1. The van der Waals surface area contributed by atoms with Gasteiger partial charge in [-0.2, -0.15) is 0 Å². The van der Waals surface area contributed by atoms with Gasteiger partial charge in [-0.15, -0.1) is 0 Å². The summed E-state index contributed by atoms with van der Waals surface area (Å²) in [7, 11) is -2.18. The maximum atomic E-state index is 11.6. The van der Waals surface area contributed by atoms with Crippen molar-refractivity contribution in [2.45, 2.75) is 12.5 Å². The fourth-order valence-corrected chi connectivity index (χ4v) is 2.61. The number of carbonyl (C=O) groups excluding carboxylic acids is 1. The second kappa shape index (κ2) is 7.25. The maximum absolute atomic E-state index is 11.6. The smallest absolute Gasteiger partial charge is 0.214 e. The molecule has 1 aromatic rings. The van der Waals surface area contributed by atoms with E-state index >= 15 is 0 Å². The second-order valence-electron chi connectivity index (χ2n) is 3.82. The van der Waals surface area contributed by atoms with E-state index in [-0.39, 0.29) is 5.75 Å². The van der Waals surface area contributed by atoms with Crippen LogP contribution < -0.4 is 4.72 Å². The fraction of sp³-hybridized carbons (Fsp3) is 0.417. The summed E-state index contributed by atoms with van der Waals surface area (Å²) in [6.07, 6.45) is 0.175. The lowest BCUT2D eigenvalue weighted by Crippen LogP contribution is -2.34. The minimum atomic E-state index is -3.48. The van der Waals surface area contributed by atoms with Crippen molar-refractivity contribution in [3.05, 3.63) is 35.9 Å². The summed E-state index contributed by atoms with van der Waals surface area (Å²) in [5, 5.41) is 0. The van der Waals surface area contributed by atoms with Crippen LogP contribution in [0.3, 0.4) is 0 Å². The summed E-state index contributed by atoms with van der Waals surface area (Å²) in [4.78, 5) is 10.5. The van der Waals surface area contributed by atoms with Gasteiger partial charge in [0.2, 0.25) is 10.0 Å². The van der Waals surface area contributed by atoms with E-state index in [4.69, 9.17) is 4.74 Å². The molecule has 0 spiro atoms. The van der Waals surface area contributed by atoms with Crippen LogP contribution in [0.1, 0.15) is 5.56 Å². The normalized spacial score (nSPS) is 13.2. The molecule has 18 heavy (non-hydrogen) atoms. The van der Waals surface area contributed by atoms with Gasteiger partial charge in [-0.1, -0.05) is 30.3 Å². The molecule has 5 nitrogen and oxygen atoms in total. The first-order chi connectivity index (χ1) is 8.57. The maximum Gasteiger partial charge on any atom is 0.214 e. The Morgan fingerprint density at radius 2 is 2.00 bits per heavy atom. The van der Waals surface area contributed by atoms with Crippen LogP contribution in [0.4, 0.5) is 0 Å². The van der Waals surface area contributed by atoms with Crippen molar-refractivity contribution in [2.24, 2.45) is 0 Å². The quantitative estimate of drug-likeness (QED) is 0.693. The van der Waals surface area contributed by atoms with Crippen molar-refractivity contribution in [1.82, 2.24) is 4.72 Å². The predicted molar refractivity (Wildman–Crippen MR) is 68.8 cm³/mol. The fourth-order valence-electron chi connectivity index (χ4n) is 1.43. The van der Waals surface area contributed by atoms with Crippen LogP contribution in [0, 0.1) is 0 Å². The zero-order valence-corrected chi connectivity index (χ0v) is 11.0. The summed E-state index contributed by atoms with van der Waals surface area (Å²) in [6.45, 7) is 0.307. The van der Waals surface area contributed by atoms with Gasteiger partial charge in [0.05, 0.1) is 5.75 Å². The lowest BCUT2D eigenvalue weighted by atomic mass is 10.2. The highest BCUT2D eigenvalue weighted by molar-refractivity contribution is 7.89. The van der Waals surface area contributed by atoms with Crippen molar-refractivity contribution in [1.29, 1.82) is 0 Å². The molecule has 0 aromatic heterocycles. The Bertz CT molecular complexity index is 458. The monoisotopic (exact) mass is 271 g/mol. The number of methoxy groups -OCH3 is 1. The van der Waals surface area contributed by atoms with Gasteiger partial charge in [0.1, 0.15) is 12.4 Å². The Balaban J connectivity index is 2.40. The topological polar surface area (TPSA) is 72.5 Å². The number of aldehydes is 1. The molecule has 0 fully saturated rings. The standard InChI is InChI=1S/C12H17NO4S/c1-17-12(9-14)10-18(15,16)13-8-7-11-5-3-2-4-6-11/h2-6,9,12-13H,7-8,10H2,1H3. The molecule has 0 bridgehead atoms. The first kappa shape index (κ1) is 14.8. The zero-order valence-electron chi connectivity index (χ0n) is 10.2. The van der Waals surface area contributed by atoms with E-state index in [1.54, 1.807) is 0 Å². The van der Waals surface area contributed by atoms with E-state index in [0.717, 1.165) is 5.56 Å². The largest absolute Gasteiger partial charge is 0.373 e. The number of rotatable bonds is 8. The van der Waals surface area contributed by atoms with Gasteiger partial charge in [0, 0.05) is 13.7 Å². The Hall–Kier alpha value is -1.24. The Morgan fingerprint density at radius 1 is 1.33 bits per heavy atom. The van der Waals surface area contributed by atoms with Gasteiger partial charge in [-0.3, -0.25) is 0 Å². The Kier molecular flexibility index (Phi) is 5.97. The van der Waals surface area contributed by atoms with E-state index in [0.29, 0.717) is 19.3 Å². The first-order valence-electron chi connectivity index (χ1n) is 5.57. The van der Waals surface area contributed by atoms with Gasteiger partial charge in [0.15, 0.2) is 0 Å². The van der Waals surface area contributed by atoms with Crippen molar-refractivity contribution >= 4 is 16.3 Å². The number of benzene rings is 1. The van der Waals surface area contributed by atoms with Crippen LogP contribution in [-0.4, -0.2) is 40.2 Å². The van der Waals surface area contributed by atoms with E-state index in [9.17, 15) is 13.2 Å². The molecule has 1 rings (SSSR count). The molecular formula is C12H17NO4S. The number of carbonyl (C=O) groups is 1. The third-order valence-corrected chi connectivity index (χ3v) is 3.83. The Labute approximate surface area is 107 Å². The summed E-state index contributed by atoms with van der Waals surface area (Å²) in [5.74, 6) is -0.345. The molecule has 100 valence electrons. The number of ether oxygens (including phenoxy) is 1. The molecule has 1 unspecified atom stereocenters. The highest BCUT2D eigenvalue weighted by Crippen LogP contribution is 1.99. The van der Waals surface area contributed by atoms with Crippen molar-refractivity contribution in [3.63, 3.8) is 0 Å². The van der Waals surface area contributed by atoms with Crippen molar-refractivity contribution in [3.8, 4) is 0 Å². The molecule has 0 radical (unpaired) electrons. The molecule has 0 saturated carbocycles.